The topological polar surface area (TPSA) is 70.2 Å². The molecular weight excluding hydrogens is 262 g/mol. The third-order valence-electron chi connectivity index (χ3n) is 2.58. The van der Waals surface area contributed by atoms with Crippen LogP contribution in [-0.2, 0) is 11.2 Å². The van der Waals surface area contributed by atoms with Crippen molar-refractivity contribution in [2.24, 2.45) is 0 Å². The van der Waals surface area contributed by atoms with Crippen molar-refractivity contribution in [2.75, 3.05) is 0 Å². The van der Waals surface area contributed by atoms with Crippen molar-refractivity contribution in [3.8, 4) is 0 Å². The molecule has 0 unspecified atom stereocenters. The monoisotopic (exact) mass is 275 g/mol. The molecule has 0 aliphatic rings. The molecule has 2 N–H and O–H groups in total. The molecule has 0 saturated carbocycles. The van der Waals surface area contributed by atoms with Crippen molar-refractivity contribution in [3.63, 3.8) is 0 Å². The molecule has 19 heavy (non-hydrogen) atoms. The van der Waals surface area contributed by atoms with E-state index in [0.29, 0.717) is 0 Å². The molecule has 98 valence electrons. The lowest BCUT2D eigenvalue weighted by Crippen LogP contribution is -2.17. The zero-order valence-corrected chi connectivity index (χ0v) is 11.2. The number of aryl methyl sites for hydroxylation is 1. The predicted molar refractivity (Wildman–Crippen MR) is 73.7 cm³/mol. The first kappa shape index (κ1) is 13.4. The zero-order chi connectivity index (χ0) is 13.8. The van der Waals surface area contributed by atoms with E-state index in [4.69, 9.17) is 5.11 Å². The fraction of sp³-hybridized carbons (Fsp3) is 0.143. The van der Waals surface area contributed by atoms with E-state index >= 15 is 0 Å². The second kappa shape index (κ2) is 5.75. The Bertz CT molecular complexity index is 649. The van der Waals surface area contributed by atoms with Gasteiger partial charge in [-0.15, -0.1) is 0 Å². The molecule has 0 amide bonds. The number of H-pyrrole nitrogens is 1. The maximum absolute atomic E-state index is 11.7. The van der Waals surface area contributed by atoms with E-state index in [1.807, 2.05) is 30.3 Å². The Morgan fingerprint density at radius 3 is 2.63 bits per heavy atom. The Morgan fingerprint density at radius 1 is 1.32 bits per heavy atom. The quantitative estimate of drug-likeness (QED) is 0.899. The first-order valence-corrected chi connectivity index (χ1v) is 6.55. The Balaban J connectivity index is 2.35. The van der Waals surface area contributed by atoms with Gasteiger partial charge in [-0.25, -0.2) is 0 Å². The maximum atomic E-state index is 11.7. The van der Waals surface area contributed by atoms with Gasteiger partial charge in [0.1, 0.15) is 0 Å². The molecule has 0 saturated heterocycles. The van der Waals surface area contributed by atoms with E-state index in [1.54, 1.807) is 13.0 Å². The molecule has 4 nitrogen and oxygen atoms in total. The molecule has 0 bridgehead atoms. The summed E-state index contributed by atoms with van der Waals surface area (Å²) in [5.74, 6) is -1.01. The predicted octanol–water partition coefficient (Wildman–Crippen LogP) is 2.46. The van der Waals surface area contributed by atoms with Crippen LogP contribution in [0.3, 0.4) is 0 Å². The third-order valence-corrected chi connectivity index (χ3v) is 3.73. The zero-order valence-electron chi connectivity index (χ0n) is 10.3. The molecular formula is C14H13NO3S. The van der Waals surface area contributed by atoms with Crippen molar-refractivity contribution in [1.29, 1.82) is 0 Å². The molecule has 5 heteroatoms. The SMILES string of the molecule is Cc1[nH]c(=O)c(CC(=O)O)cc1Sc1ccccc1. The van der Waals surface area contributed by atoms with E-state index in [0.717, 1.165) is 15.5 Å². The van der Waals surface area contributed by atoms with Gasteiger partial charge in [0.25, 0.3) is 5.56 Å². The number of aliphatic carboxylic acids is 1. The van der Waals surface area contributed by atoms with Crippen LogP contribution in [0.4, 0.5) is 0 Å². The summed E-state index contributed by atoms with van der Waals surface area (Å²) in [6, 6.07) is 11.4. The van der Waals surface area contributed by atoms with Gasteiger partial charge in [-0.1, -0.05) is 30.0 Å². The smallest absolute Gasteiger partial charge is 0.308 e. The van der Waals surface area contributed by atoms with Gasteiger partial charge in [0.2, 0.25) is 0 Å². The standard InChI is InChI=1S/C14H13NO3S/c1-9-12(19-11-5-3-2-4-6-11)7-10(8-13(16)17)14(18)15-9/h2-7H,8H2,1H3,(H,15,18)(H,16,17). The highest BCUT2D eigenvalue weighted by Gasteiger charge is 2.10. The summed E-state index contributed by atoms with van der Waals surface area (Å²) in [5.41, 5.74) is 0.682. The number of pyridine rings is 1. The summed E-state index contributed by atoms with van der Waals surface area (Å²) < 4.78 is 0. The van der Waals surface area contributed by atoms with Gasteiger partial charge in [-0.05, 0) is 25.1 Å². The van der Waals surface area contributed by atoms with E-state index in [-0.39, 0.29) is 17.5 Å². The Hall–Kier alpha value is -2.01. The molecule has 1 heterocycles. The fourth-order valence-corrected chi connectivity index (χ4v) is 2.61. The number of aromatic nitrogens is 1. The molecule has 0 fully saturated rings. The Kier molecular flexibility index (Phi) is 4.06. The minimum absolute atomic E-state index is 0.266. The van der Waals surface area contributed by atoms with Crippen LogP contribution in [0.1, 0.15) is 11.3 Å². The van der Waals surface area contributed by atoms with Crippen molar-refractivity contribution in [1.82, 2.24) is 4.98 Å². The number of benzene rings is 1. The van der Waals surface area contributed by atoms with Gasteiger partial charge < -0.3 is 10.1 Å². The van der Waals surface area contributed by atoms with Gasteiger partial charge in [0, 0.05) is 21.0 Å². The lowest BCUT2D eigenvalue weighted by atomic mass is 10.2. The number of hydrogen-bond acceptors (Lipinski definition) is 3. The molecule has 2 aromatic rings. The number of carboxylic acids is 1. The summed E-state index contributed by atoms with van der Waals surface area (Å²) in [6.45, 7) is 1.80. The van der Waals surface area contributed by atoms with Crippen molar-refractivity contribution < 1.29 is 9.90 Å². The van der Waals surface area contributed by atoms with Crippen LogP contribution < -0.4 is 5.56 Å². The molecule has 0 aliphatic heterocycles. The fourth-order valence-electron chi connectivity index (χ4n) is 1.66. The molecule has 1 aromatic carbocycles. The third kappa shape index (κ3) is 3.48. The number of hydrogen-bond donors (Lipinski definition) is 2. The minimum atomic E-state index is -1.01. The van der Waals surface area contributed by atoms with E-state index in [9.17, 15) is 9.59 Å². The van der Waals surface area contributed by atoms with Gasteiger partial charge in [0.05, 0.1) is 6.42 Å². The first-order valence-electron chi connectivity index (χ1n) is 5.74. The van der Waals surface area contributed by atoms with Crippen LogP contribution in [0.5, 0.6) is 0 Å². The highest BCUT2D eigenvalue weighted by Crippen LogP contribution is 2.29. The van der Waals surface area contributed by atoms with Gasteiger partial charge in [0.15, 0.2) is 0 Å². The summed E-state index contributed by atoms with van der Waals surface area (Å²) in [7, 11) is 0. The van der Waals surface area contributed by atoms with E-state index in [1.165, 1.54) is 11.8 Å². The van der Waals surface area contributed by atoms with Crippen LogP contribution in [0.2, 0.25) is 0 Å². The van der Waals surface area contributed by atoms with Crippen LogP contribution in [0, 0.1) is 6.92 Å². The summed E-state index contributed by atoms with van der Waals surface area (Å²) >= 11 is 1.50. The summed E-state index contributed by atoms with van der Waals surface area (Å²) in [4.78, 5) is 27.0. The number of nitrogens with one attached hydrogen (secondary N) is 1. The molecule has 2 rings (SSSR count). The highest BCUT2D eigenvalue weighted by atomic mass is 32.2. The molecule has 0 spiro atoms. The van der Waals surface area contributed by atoms with Crippen molar-refractivity contribution in [2.45, 2.75) is 23.1 Å². The number of carboxylic acid groups (broad SMARTS) is 1. The van der Waals surface area contributed by atoms with E-state index < -0.39 is 5.97 Å². The van der Waals surface area contributed by atoms with Gasteiger partial charge in [-0.3, -0.25) is 9.59 Å². The normalized spacial score (nSPS) is 10.4. The van der Waals surface area contributed by atoms with Crippen LogP contribution in [0.25, 0.3) is 0 Å². The van der Waals surface area contributed by atoms with Crippen LogP contribution in [0.15, 0.2) is 51.0 Å². The molecule has 0 aliphatic carbocycles. The summed E-state index contributed by atoms with van der Waals surface area (Å²) in [6.07, 6.45) is -0.266. The minimum Gasteiger partial charge on any atom is -0.481 e. The Morgan fingerprint density at radius 2 is 2.00 bits per heavy atom. The van der Waals surface area contributed by atoms with Gasteiger partial charge >= 0.3 is 5.97 Å². The van der Waals surface area contributed by atoms with Crippen LogP contribution >= 0.6 is 11.8 Å². The van der Waals surface area contributed by atoms with Gasteiger partial charge in [-0.2, -0.15) is 0 Å². The maximum Gasteiger partial charge on any atom is 0.308 e. The molecule has 0 radical (unpaired) electrons. The Labute approximate surface area is 114 Å². The van der Waals surface area contributed by atoms with Crippen molar-refractivity contribution >= 4 is 17.7 Å². The average Bonchev–Trinajstić information content (AvgIpc) is 2.36. The number of rotatable bonds is 4. The second-order valence-corrected chi connectivity index (χ2v) is 5.21. The first-order chi connectivity index (χ1) is 9.06. The number of aromatic amines is 1. The van der Waals surface area contributed by atoms with E-state index in [2.05, 4.69) is 4.98 Å². The van der Waals surface area contributed by atoms with Crippen LogP contribution in [-0.4, -0.2) is 16.1 Å². The largest absolute Gasteiger partial charge is 0.481 e. The molecule has 0 atom stereocenters. The highest BCUT2D eigenvalue weighted by molar-refractivity contribution is 7.99. The summed E-state index contributed by atoms with van der Waals surface area (Å²) in [5, 5.41) is 8.78. The lowest BCUT2D eigenvalue weighted by molar-refractivity contribution is -0.136. The average molecular weight is 275 g/mol. The second-order valence-electron chi connectivity index (χ2n) is 4.10. The van der Waals surface area contributed by atoms with Crippen molar-refractivity contribution in [3.05, 3.63) is 58.0 Å². The number of carbonyl (C=O) groups is 1. The molecule has 1 aromatic heterocycles. The lowest BCUT2D eigenvalue weighted by Gasteiger charge is -2.07.